The third kappa shape index (κ3) is 3.10. The normalized spacial score (nSPS) is 41.8. The zero-order chi connectivity index (χ0) is 11.4. The quantitative estimate of drug-likeness (QED) is 0.419. The van der Waals surface area contributed by atoms with Gasteiger partial charge in [-0.15, -0.1) is 0 Å². The second-order valence-electron chi connectivity index (χ2n) is 3.61. The molecule has 0 amide bonds. The highest BCUT2D eigenvalue weighted by molar-refractivity contribution is 4.88. The van der Waals surface area contributed by atoms with Gasteiger partial charge >= 0.3 is 0 Å². The highest BCUT2D eigenvalue weighted by Gasteiger charge is 2.42. The molecule has 15 heavy (non-hydrogen) atoms. The minimum absolute atomic E-state index is 0.0792. The molecule has 0 spiro atoms. The summed E-state index contributed by atoms with van der Waals surface area (Å²) in [6.45, 7) is 2.53. The van der Waals surface area contributed by atoms with Crippen LogP contribution in [0, 0.1) is 0 Å². The highest BCUT2D eigenvalue weighted by atomic mass is 16.6. The summed E-state index contributed by atoms with van der Waals surface area (Å²) in [6, 6.07) is 0. The monoisotopic (exact) mass is 222 g/mol. The molecular formula is C9H18O6. The smallest absolute Gasteiger partial charge is 0.184 e. The molecule has 1 saturated heterocycles. The second kappa shape index (κ2) is 5.74. The molecule has 4 N–H and O–H groups in total. The fourth-order valence-corrected chi connectivity index (χ4v) is 1.41. The Bertz CT molecular complexity index is 187. The summed E-state index contributed by atoms with van der Waals surface area (Å²) in [6.07, 6.45) is -5.62. The Morgan fingerprint density at radius 3 is 2.33 bits per heavy atom. The van der Waals surface area contributed by atoms with E-state index < -0.39 is 30.7 Å². The predicted octanol–water partition coefficient (Wildman–Crippen LogP) is -1.79. The maximum absolute atomic E-state index is 9.50. The zero-order valence-corrected chi connectivity index (χ0v) is 8.61. The van der Waals surface area contributed by atoms with Gasteiger partial charge in [-0.3, -0.25) is 0 Å². The van der Waals surface area contributed by atoms with Crippen molar-refractivity contribution < 1.29 is 29.9 Å². The van der Waals surface area contributed by atoms with Crippen molar-refractivity contribution in [3.8, 4) is 0 Å². The van der Waals surface area contributed by atoms with E-state index in [-0.39, 0.29) is 6.61 Å². The van der Waals surface area contributed by atoms with E-state index in [1.807, 2.05) is 6.92 Å². The van der Waals surface area contributed by atoms with Crippen molar-refractivity contribution in [2.45, 2.75) is 44.1 Å². The predicted molar refractivity (Wildman–Crippen MR) is 50.0 cm³/mol. The van der Waals surface area contributed by atoms with E-state index in [9.17, 15) is 20.4 Å². The van der Waals surface area contributed by atoms with Gasteiger partial charge in [0.1, 0.15) is 24.4 Å². The average Bonchev–Trinajstić information content (AvgIpc) is 2.23. The number of ether oxygens (including phenoxy) is 2. The molecular weight excluding hydrogens is 204 g/mol. The molecule has 1 aliphatic heterocycles. The van der Waals surface area contributed by atoms with E-state index in [1.54, 1.807) is 0 Å². The molecule has 6 nitrogen and oxygen atoms in total. The van der Waals surface area contributed by atoms with E-state index in [0.717, 1.165) is 6.42 Å². The van der Waals surface area contributed by atoms with Crippen molar-refractivity contribution in [1.82, 2.24) is 0 Å². The molecule has 5 atom stereocenters. The van der Waals surface area contributed by atoms with Crippen LogP contribution >= 0.6 is 0 Å². The number of hydrogen-bond donors (Lipinski definition) is 4. The van der Waals surface area contributed by atoms with Gasteiger partial charge in [0.25, 0.3) is 0 Å². The molecule has 0 radical (unpaired) electrons. The maximum Gasteiger partial charge on any atom is 0.184 e. The Kier molecular flexibility index (Phi) is 4.91. The first-order valence-corrected chi connectivity index (χ1v) is 5.03. The molecule has 90 valence electrons. The summed E-state index contributed by atoms with van der Waals surface area (Å²) in [5, 5.41) is 37.2. The minimum atomic E-state index is -1.49. The van der Waals surface area contributed by atoms with Crippen LogP contribution in [0.3, 0.4) is 0 Å². The van der Waals surface area contributed by atoms with Crippen molar-refractivity contribution in [1.29, 1.82) is 0 Å². The largest absolute Gasteiger partial charge is 0.387 e. The first kappa shape index (κ1) is 12.8. The van der Waals surface area contributed by atoms with Crippen LogP contribution < -0.4 is 0 Å². The molecule has 0 saturated carbocycles. The summed E-state index contributed by atoms with van der Waals surface area (Å²) in [5.74, 6) is 0. The lowest BCUT2D eigenvalue weighted by molar-refractivity contribution is -0.288. The Labute approximate surface area is 88.1 Å². The fourth-order valence-electron chi connectivity index (χ4n) is 1.41. The van der Waals surface area contributed by atoms with E-state index >= 15 is 0 Å². The fraction of sp³-hybridized carbons (Fsp3) is 1.00. The summed E-state index contributed by atoms with van der Waals surface area (Å²) < 4.78 is 10.0. The lowest BCUT2D eigenvalue weighted by Gasteiger charge is -2.38. The van der Waals surface area contributed by atoms with Crippen LogP contribution in [-0.4, -0.2) is 64.3 Å². The topological polar surface area (TPSA) is 99.4 Å². The Hall–Kier alpha value is -0.240. The van der Waals surface area contributed by atoms with Gasteiger partial charge in [-0.25, -0.2) is 0 Å². The van der Waals surface area contributed by atoms with Gasteiger partial charge in [0.05, 0.1) is 6.61 Å². The molecule has 1 unspecified atom stereocenters. The third-order valence-corrected chi connectivity index (χ3v) is 2.32. The van der Waals surface area contributed by atoms with Crippen LogP contribution in [0.5, 0.6) is 0 Å². The molecule has 0 aromatic rings. The molecule has 0 aliphatic carbocycles. The number of aliphatic hydroxyl groups is 4. The molecule has 1 rings (SSSR count). The van der Waals surface area contributed by atoms with Crippen molar-refractivity contribution >= 4 is 0 Å². The molecule has 6 heteroatoms. The van der Waals surface area contributed by atoms with Gasteiger partial charge < -0.3 is 29.9 Å². The zero-order valence-electron chi connectivity index (χ0n) is 8.61. The first-order chi connectivity index (χ1) is 7.07. The first-order valence-electron chi connectivity index (χ1n) is 5.03. The van der Waals surface area contributed by atoms with Crippen LogP contribution in [0.4, 0.5) is 0 Å². The van der Waals surface area contributed by atoms with Crippen LogP contribution in [0.2, 0.25) is 0 Å². The number of rotatable bonds is 4. The molecule has 1 aliphatic rings. The average molecular weight is 222 g/mol. The van der Waals surface area contributed by atoms with Crippen molar-refractivity contribution in [3.63, 3.8) is 0 Å². The van der Waals surface area contributed by atoms with Gasteiger partial charge in [-0.1, -0.05) is 6.92 Å². The number of aliphatic hydroxyl groups excluding tert-OH is 4. The molecule has 0 aromatic heterocycles. The van der Waals surface area contributed by atoms with Crippen LogP contribution in [0.25, 0.3) is 0 Å². The summed E-state index contributed by atoms with van der Waals surface area (Å²) >= 11 is 0. The molecule has 1 heterocycles. The Morgan fingerprint density at radius 2 is 1.73 bits per heavy atom. The van der Waals surface area contributed by atoms with Gasteiger partial charge in [0, 0.05) is 6.61 Å². The Morgan fingerprint density at radius 1 is 1.07 bits per heavy atom. The molecule has 1 fully saturated rings. The lowest BCUT2D eigenvalue weighted by atomic mass is 9.99. The third-order valence-electron chi connectivity index (χ3n) is 2.32. The minimum Gasteiger partial charge on any atom is -0.387 e. The maximum atomic E-state index is 9.50. The summed E-state index contributed by atoms with van der Waals surface area (Å²) in [4.78, 5) is 0. The van der Waals surface area contributed by atoms with Crippen molar-refractivity contribution in [3.05, 3.63) is 0 Å². The van der Waals surface area contributed by atoms with Gasteiger partial charge in [-0.05, 0) is 6.42 Å². The summed E-state index contributed by atoms with van der Waals surface area (Å²) in [7, 11) is 0. The van der Waals surface area contributed by atoms with Crippen molar-refractivity contribution in [2.75, 3.05) is 13.2 Å². The second-order valence-corrected chi connectivity index (χ2v) is 3.61. The van der Waals surface area contributed by atoms with Gasteiger partial charge in [0.2, 0.25) is 0 Å². The molecule has 0 bridgehead atoms. The summed E-state index contributed by atoms with van der Waals surface area (Å²) in [5.41, 5.74) is 0. The SMILES string of the molecule is CCCOC[C@H]1OC(O)[C@H](O)[C@@H](O)[C@H]1O. The lowest BCUT2D eigenvalue weighted by Crippen LogP contribution is -2.58. The standard InChI is InChI=1S/C9H18O6/c1-2-3-14-4-5-6(10)7(11)8(12)9(13)15-5/h5-13H,2-4H2,1H3/t5-,6+,7+,8-,9?/m1/s1. The van der Waals surface area contributed by atoms with Crippen LogP contribution in [0.15, 0.2) is 0 Å². The Balaban J connectivity index is 2.43. The molecule has 0 aromatic carbocycles. The van der Waals surface area contributed by atoms with Crippen molar-refractivity contribution in [2.24, 2.45) is 0 Å². The van der Waals surface area contributed by atoms with E-state index in [2.05, 4.69) is 0 Å². The van der Waals surface area contributed by atoms with Gasteiger partial charge in [-0.2, -0.15) is 0 Å². The van der Waals surface area contributed by atoms with Crippen LogP contribution in [0.1, 0.15) is 13.3 Å². The number of hydrogen-bond acceptors (Lipinski definition) is 6. The highest BCUT2D eigenvalue weighted by Crippen LogP contribution is 2.19. The van der Waals surface area contributed by atoms with E-state index in [4.69, 9.17) is 9.47 Å². The van der Waals surface area contributed by atoms with Gasteiger partial charge in [0.15, 0.2) is 6.29 Å². The van der Waals surface area contributed by atoms with E-state index in [1.165, 1.54) is 0 Å². The van der Waals surface area contributed by atoms with E-state index in [0.29, 0.717) is 6.61 Å². The van der Waals surface area contributed by atoms with Crippen LogP contribution in [-0.2, 0) is 9.47 Å².